The second-order valence-electron chi connectivity index (χ2n) is 4.33. The average Bonchev–Trinajstić information content (AvgIpc) is 2.38. The molecule has 2 aromatic rings. The summed E-state index contributed by atoms with van der Waals surface area (Å²) >= 11 is -1.98. The van der Waals surface area contributed by atoms with Gasteiger partial charge in [0.1, 0.15) is 0 Å². The van der Waals surface area contributed by atoms with E-state index in [1.165, 1.54) is 0 Å². The Hall–Kier alpha value is -1.37. The molecule has 1 N–H and O–H groups in total. The van der Waals surface area contributed by atoms with Gasteiger partial charge in [0, 0.05) is 0 Å². The summed E-state index contributed by atoms with van der Waals surface area (Å²) in [6.45, 7) is 0. The Morgan fingerprint density at radius 2 is 1.50 bits per heavy atom. The summed E-state index contributed by atoms with van der Waals surface area (Å²) in [6, 6.07) is 15.5. The molecule has 3 rings (SSSR count). The van der Waals surface area contributed by atoms with Gasteiger partial charge in [-0.2, -0.15) is 0 Å². The van der Waals surface area contributed by atoms with Crippen LogP contribution in [0.4, 0.5) is 4.79 Å². The average molecular weight is 339 g/mol. The van der Waals surface area contributed by atoms with Crippen LogP contribution in [0.15, 0.2) is 48.5 Å². The third-order valence-electron chi connectivity index (χ3n) is 3.19. The summed E-state index contributed by atoms with van der Waals surface area (Å²) in [5.41, 5.74) is 2.07. The third-order valence-corrected chi connectivity index (χ3v) is 7.86. The number of carboxylic acid groups (broad SMARTS) is 1. The Morgan fingerprint density at radius 1 is 1.00 bits per heavy atom. The Balaban J connectivity index is 2.14. The van der Waals surface area contributed by atoms with Gasteiger partial charge in [0.25, 0.3) is 0 Å². The first-order valence-corrected chi connectivity index (χ1v) is 10.2. The molecule has 1 aliphatic rings. The van der Waals surface area contributed by atoms with Gasteiger partial charge in [-0.3, -0.25) is 0 Å². The normalized spacial score (nSPS) is 12.9. The van der Waals surface area contributed by atoms with Crippen molar-refractivity contribution >= 4 is 3.53 Å². The van der Waals surface area contributed by atoms with E-state index in [1.54, 1.807) is 0 Å². The minimum atomic E-state index is -1.98. The van der Waals surface area contributed by atoms with Gasteiger partial charge in [0.2, 0.25) is 0 Å². The molecule has 0 amide bonds. The molecular weight excluding hydrogens is 329 g/mol. The SMILES string of the molecule is O=[C](O)[Cd][CH]1c2ccccc2Oc2ccccc21. The predicted molar refractivity (Wildman–Crippen MR) is 62.8 cm³/mol. The Morgan fingerprint density at radius 3 is 2.00 bits per heavy atom. The Kier molecular flexibility index (Phi) is 3.07. The summed E-state index contributed by atoms with van der Waals surface area (Å²) < 4.78 is 5.31. The molecule has 0 saturated heterocycles. The van der Waals surface area contributed by atoms with Gasteiger partial charge in [0.05, 0.1) is 0 Å². The molecule has 0 fully saturated rings. The van der Waals surface area contributed by atoms with Crippen molar-refractivity contribution in [3.8, 4) is 11.5 Å². The molecule has 0 unspecified atom stereocenters. The van der Waals surface area contributed by atoms with Crippen molar-refractivity contribution < 1.29 is 38.9 Å². The first kappa shape index (κ1) is 11.7. The fourth-order valence-corrected chi connectivity index (χ4v) is 6.58. The molecular formula is C14H10CdO3. The molecule has 4 heteroatoms. The van der Waals surface area contributed by atoms with Crippen molar-refractivity contribution in [2.75, 3.05) is 0 Å². The van der Waals surface area contributed by atoms with Crippen LogP contribution in [0.2, 0.25) is 0 Å². The number of hydrogen-bond donors (Lipinski definition) is 1. The van der Waals surface area contributed by atoms with Crippen LogP contribution in [-0.4, -0.2) is 8.64 Å². The summed E-state index contributed by atoms with van der Waals surface area (Å²) in [5.74, 6) is 1.61. The molecule has 3 nitrogen and oxygen atoms in total. The van der Waals surface area contributed by atoms with Gasteiger partial charge in [0.15, 0.2) is 0 Å². The maximum atomic E-state index is 11.1. The van der Waals surface area contributed by atoms with Crippen molar-refractivity contribution in [2.45, 2.75) is 3.48 Å². The topological polar surface area (TPSA) is 46.5 Å². The molecule has 86 valence electrons. The molecule has 0 aliphatic carbocycles. The van der Waals surface area contributed by atoms with E-state index in [2.05, 4.69) is 0 Å². The van der Waals surface area contributed by atoms with E-state index >= 15 is 0 Å². The number of fused-ring (bicyclic) bond motifs is 2. The zero-order valence-electron chi connectivity index (χ0n) is 9.67. The minimum absolute atomic E-state index is 0.0745. The van der Waals surface area contributed by atoms with Gasteiger partial charge in [-0.25, -0.2) is 0 Å². The van der Waals surface area contributed by atoms with E-state index in [9.17, 15) is 4.79 Å². The van der Waals surface area contributed by atoms with Crippen molar-refractivity contribution in [1.29, 1.82) is 0 Å². The first-order valence-electron chi connectivity index (χ1n) is 5.83. The van der Waals surface area contributed by atoms with Gasteiger partial charge >= 0.3 is 117 Å². The fourth-order valence-electron chi connectivity index (χ4n) is 2.40. The summed E-state index contributed by atoms with van der Waals surface area (Å²) in [6.07, 6.45) is 0. The van der Waals surface area contributed by atoms with E-state index in [0.29, 0.717) is 0 Å². The van der Waals surface area contributed by atoms with Crippen molar-refractivity contribution in [2.24, 2.45) is 0 Å². The van der Waals surface area contributed by atoms with Crippen LogP contribution in [0.3, 0.4) is 0 Å². The van der Waals surface area contributed by atoms with Crippen molar-refractivity contribution in [1.82, 2.24) is 0 Å². The molecule has 0 spiro atoms. The second kappa shape index (κ2) is 4.72. The zero-order chi connectivity index (χ0) is 12.5. The number of benzene rings is 2. The van der Waals surface area contributed by atoms with Crippen LogP contribution >= 0.6 is 0 Å². The van der Waals surface area contributed by atoms with Crippen LogP contribution in [0.25, 0.3) is 0 Å². The van der Waals surface area contributed by atoms with Crippen molar-refractivity contribution in [3.05, 3.63) is 59.7 Å². The number of rotatable bonds is 2. The maximum absolute atomic E-state index is 11.1. The molecule has 0 aromatic heterocycles. The predicted octanol–water partition coefficient (Wildman–Crippen LogP) is 3.64. The van der Waals surface area contributed by atoms with E-state index in [-0.39, 0.29) is 3.48 Å². The molecule has 0 atom stereocenters. The zero-order valence-corrected chi connectivity index (χ0v) is 13.7. The van der Waals surface area contributed by atoms with Crippen LogP contribution < -0.4 is 4.74 Å². The molecule has 0 radical (unpaired) electrons. The van der Waals surface area contributed by atoms with Crippen LogP contribution in [0.1, 0.15) is 14.6 Å². The summed E-state index contributed by atoms with van der Waals surface area (Å²) in [4.78, 5) is 11.1. The fraction of sp³-hybridized carbons (Fsp3) is 0.0714. The second-order valence-corrected chi connectivity index (χ2v) is 9.55. The third kappa shape index (κ3) is 2.03. The number of ether oxygens (including phenoxy) is 1. The van der Waals surface area contributed by atoms with Crippen LogP contribution in [0, 0.1) is 0 Å². The number of hydrogen-bond acceptors (Lipinski definition) is 2. The van der Waals surface area contributed by atoms with Gasteiger partial charge < -0.3 is 0 Å². The van der Waals surface area contributed by atoms with Gasteiger partial charge in [-0.15, -0.1) is 0 Å². The number of carbonyl (C=O) groups is 1. The monoisotopic (exact) mass is 340 g/mol. The summed E-state index contributed by atoms with van der Waals surface area (Å²) in [7, 11) is 0. The molecule has 18 heavy (non-hydrogen) atoms. The molecule has 0 bridgehead atoms. The Labute approximate surface area is 117 Å². The van der Waals surface area contributed by atoms with Gasteiger partial charge in [-0.05, 0) is 0 Å². The van der Waals surface area contributed by atoms with E-state index in [0.717, 1.165) is 22.6 Å². The molecule has 2 aromatic carbocycles. The standard InChI is InChI=1S/C13H9O.CHO2.Cd/c1-3-7-12-10(5-1)9-11-6-2-4-8-13(11)14-12;2-1-3;/h1-9H;(H,2,3);. The Bertz CT molecular complexity index is 564. The van der Waals surface area contributed by atoms with E-state index in [1.807, 2.05) is 48.5 Å². The van der Waals surface area contributed by atoms with Crippen molar-refractivity contribution in [3.63, 3.8) is 0 Å². The molecule has 1 aliphatic heterocycles. The number of para-hydroxylation sites is 2. The quantitative estimate of drug-likeness (QED) is 0.850. The summed E-state index contributed by atoms with van der Waals surface area (Å²) in [5, 5.41) is 9.17. The van der Waals surface area contributed by atoms with Crippen LogP contribution in [-0.2, 0) is 24.2 Å². The van der Waals surface area contributed by atoms with Gasteiger partial charge in [-0.1, -0.05) is 0 Å². The molecule has 0 saturated carbocycles. The van der Waals surface area contributed by atoms with E-state index in [4.69, 9.17) is 9.84 Å². The van der Waals surface area contributed by atoms with E-state index < -0.39 is 27.8 Å². The first-order chi connectivity index (χ1) is 8.75. The molecule has 1 heterocycles. The van der Waals surface area contributed by atoms with Crippen LogP contribution in [0.5, 0.6) is 11.5 Å².